The maximum Gasteiger partial charge on any atom is 0.307 e. The topological polar surface area (TPSA) is 84.0 Å². The number of ether oxygens (including phenoxy) is 1. The van der Waals surface area contributed by atoms with Crippen LogP contribution < -0.4 is 0 Å². The molecular formula is C20H26N2O5. The molecule has 0 bridgehead atoms. The molecule has 2 rings (SSSR count). The Morgan fingerprint density at radius 3 is 2.19 bits per heavy atom. The number of hydrogen-bond donors (Lipinski definition) is 0. The zero-order chi connectivity index (χ0) is 20.0. The first-order chi connectivity index (χ1) is 12.8. The van der Waals surface area contributed by atoms with Crippen molar-refractivity contribution in [2.45, 2.75) is 33.6 Å². The van der Waals surface area contributed by atoms with E-state index in [0.29, 0.717) is 23.6 Å². The van der Waals surface area contributed by atoms with Crippen LogP contribution in [0, 0.1) is 5.92 Å². The van der Waals surface area contributed by atoms with Crippen LogP contribution in [-0.4, -0.2) is 59.7 Å². The van der Waals surface area contributed by atoms with Gasteiger partial charge >= 0.3 is 5.97 Å². The van der Waals surface area contributed by atoms with Crippen molar-refractivity contribution in [3.8, 4) is 0 Å². The summed E-state index contributed by atoms with van der Waals surface area (Å²) in [5.41, 5.74) is 0.631. The number of carbonyl (C=O) groups excluding carboxylic acids is 4. The van der Waals surface area contributed by atoms with Gasteiger partial charge in [-0.25, -0.2) is 0 Å². The first kappa shape index (κ1) is 20.6. The fourth-order valence-corrected chi connectivity index (χ4v) is 2.85. The highest BCUT2D eigenvalue weighted by Crippen LogP contribution is 2.22. The normalized spacial score (nSPS) is 13.1. The van der Waals surface area contributed by atoms with E-state index in [1.54, 1.807) is 31.2 Å². The van der Waals surface area contributed by atoms with E-state index in [2.05, 4.69) is 0 Å². The molecule has 7 nitrogen and oxygen atoms in total. The summed E-state index contributed by atoms with van der Waals surface area (Å²) >= 11 is 0. The first-order valence-electron chi connectivity index (χ1n) is 9.23. The molecule has 0 atom stereocenters. The van der Waals surface area contributed by atoms with Gasteiger partial charge in [-0.1, -0.05) is 26.0 Å². The van der Waals surface area contributed by atoms with Crippen LogP contribution in [0.25, 0.3) is 0 Å². The molecule has 27 heavy (non-hydrogen) atoms. The van der Waals surface area contributed by atoms with Gasteiger partial charge in [-0.15, -0.1) is 0 Å². The minimum Gasteiger partial charge on any atom is -0.466 e. The molecule has 1 aliphatic rings. The second-order valence-corrected chi connectivity index (χ2v) is 6.86. The SMILES string of the molecule is CCOC(=O)CCN(CCC(C)C)C(=O)CN1C(=O)c2ccccc2C1=O. The largest absolute Gasteiger partial charge is 0.466 e. The number of esters is 1. The van der Waals surface area contributed by atoms with Gasteiger partial charge in [-0.05, 0) is 31.4 Å². The van der Waals surface area contributed by atoms with Gasteiger partial charge in [0.05, 0.1) is 24.2 Å². The van der Waals surface area contributed by atoms with Gasteiger partial charge in [-0.2, -0.15) is 0 Å². The third kappa shape index (κ3) is 5.15. The lowest BCUT2D eigenvalue weighted by Crippen LogP contribution is -2.44. The number of carbonyl (C=O) groups is 4. The van der Waals surface area contributed by atoms with Gasteiger partial charge < -0.3 is 9.64 Å². The predicted octanol–water partition coefficient (Wildman–Crippen LogP) is 2.11. The molecule has 1 aromatic rings. The summed E-state index contributed by atoms with van der Waals surface area (Å²) in [4.78, 5) is 51.8. The number of fused-ring (bicyclic) bond motifs is 1. The summed E-state index contributed by atoms with van der Waals surface area (Å²) in [7, 11) is 0. The lowest BCUT2D eigenvalue weighted by Gasteiger charge is -2.25. The van der Waals surface area contributed by atoms with Crippen LogP contribution in [0.1, 0.15) is 54.3 Å². The Hall–Kier alpha value is -2.70. The number of amides is 3. The van der Waals surface area contributed by atoms with E-state index < -0.39 is 11.8 Å². The van der Waals surface area contributed by atoms with Crippen molar-refractivity contribution in [3.63, 3.8) is 0 Å². The molecular weight excluding hydrogens is 348 g/mol. The van der Waals surface area contributed by atoms with E-state index in [9.17, 15) is 19.2 Å². The lowest BCUT2D eigenvalue weighted by molar-refractivity contribution is -0.144. The van der Waals surface area contributed by atoms with Crippen molar-refractivity contribution < 1.29 is 23.9 Å². The van der Waals surface area contributed by atoms with E-state index in [4.69, 9.17) is 4.74 Å². The molecule has 1 aromatic carbocycles. The van der Waals surface area contributed by atoms with Crippen molar-refractivity contribution in [1.29, 1.82) is 0 Å². The Morgan fingerprint density at radius 2 is 1.67 bits per heavy atom. The van der Waals surface area contributed by atoms with E-state index in [1.165, 1.54) is 4.90 Å². The highest BCUT2D eigenvalue weighted by atomic mass is 16.5. The monoisotopic (exact) mass is 374 g/mol. The minimum atomic E-state index is -0.460. The van der Waals surface area contributed by atoms with Crippen molar-refractivity contribution in [3.05, 3.63) is 35.4 Å². The summed E-state index contributed by atoms with van der Waals surface area (Å²) in [6, 6.07) is 6.53. The molecule has 0 spiro atoms. The van der Waals surface area contributed by atoms with Crippen LogP contribution in [0.5, 0.6) is 0 Å². The Labute approximate surface area is 159 Å². The molecule has 0 saturated carbocycles. The van der Waals surface area contributed by atoms with Crippen molar-refractivity contribution in [1.82, 2.24) is 9.80 Å². The van der Waals surface area contributed by atoms with E-state index in [0.717, 1.165) is 11.3 Å². The van der Waals surface area contributed by atoms with Crippen molar-refractivity contribution in [2.75, 3.05) is 26.2 Å². The van der Waals surface area contributed by atoms with E-state index in [1.807, 2.05) is 13.8 Å². The van der Waals surface area contributed by atoms with Crippen LogP contribution in [0.15, 0.2) is 24.3 Å². The molecule has 3 amide bonds. The number of imide groups is 1. The highest BCUT2D eigenvalue weighted by molar-refractivity contribution is 6.22. The second kappa shape index (κ2) is 9.30. The fraction of sp³-hybridized carbons (Fsp3) is 0.500. The molecule has 1 aliphatic heterocycles. The molecule has 0 fully saturated rings. The predicted molar refractivity (Wildman–Crippen MR) is 99.1 cm³/mol. The van der Waals surface area contributed by atoms with Crippen molar-refractivity contribution >= 4 is 23.7 Å². The molecule has 1 heterocycles. The summed E-state index contributed by atoms with van der Waals surface area (Å²) in [5.74, 6) is -1.27. The van der Waals surface area contributed by atoms with Gasteiger partial charge in [0.25, 0.3) is 11.8 Å². The summed E-state index contributed by atoms with van der Waals surface area (Å²) in [6.45, 7) is 6.42. The maximum atomic E-state index is 12.8. The molecule has 0 saturated heterocycles. The number of rotatable bonds is 9. The van der Waals surface area contributed by atoms with Crippen LogP contribution >= 0.6 is 0 Å². The highest BCUT2D eigenvalue weighted by Gasteiger charge is 2.37. The smallest absolute Gasteiger partial charge is 0.307 e. The third-order valence-electron chi connectivity index (χ3n) is 4.39. The first-order valence-corrected chi connectivity index (χ1v) is 9.23. The van der Waals surface area contributed by atoms with Gasteiger partial charge in [0.1, 0.15) is 6.54 Å². The molecule has 146 valence electrons. The Morgan fingerprint density at radius 1 is 1.07 bits per heavy atom. The van der Waals surface area contributed by atoms with Crippen LogP contribution in [0.4, 0.5) is 0 Å². The van der Waals surface area contributed by atoms with Crippen LogP contribution in [-0.2, 0) is 14.3 Å². The number of nitrogens with zero attached hydrogens (tertiary/aromatic N) is 2. The maximum absolute atomic E-state index is 12.8. The Balaban J connectivity index is 2.05. The van der Waals surface area contributed by atoms with Gasteiger partial charge in [-0.3, -0.25) is 24.1 Å². The lowest BCUT2D eigenvalue weighted by atomic mass is 10.1. The average molecular weight is 374 g/mol. The number of benzene rings is 1. The van der Waals surface area contributed by atoms with Gasteiger partial charge in [0.15, 0.2) is 0 Å². The zero-order valence-electron chi connectivity index (χ0n) is 16.1. The second-order valence-electron chi connectivity index (χ2n) is 6.86. The van der Waals surface area contributed by atoms with E-state index >= 15 is 0 Å². The van der Waals surface area contributed by atoms with E-state index in [-0.39, 0.29) is 38.0 Å². The fourth-order valence-electron chi connectivity index (χ4n) is 2.85. The Bertz CT molecular complexity index is 694. The molecule has 0 radical (unpaired) electrons. The summed E-state index contributed by atoms with van der Waals surface area (Å²) in [6.07, 6.45) is 0.844. The molecule has 7 heteroatoms. The third-order valence-corrected chi connectivity index (χ3v) is 4.39. The summed E-state index contributed by atoms with van der Waals surface area (Å²) < 4.78 is 4.91. The molecule has 0 aromatic heterocycles. The molecule has 0 unspecified atom stereocenters. The Kier molecular flexibility index (Phi) is 7.10. The van der Waals surface area contributed by atoms with Gasteiger partial charge in [0, 0.05) is 13.1 Å². The average Bonchev–Trinajstić information content (AvgIpc) is 2.87. The quantitative estimate of drug-likeness (QED) is 0.488. The van der Waals surface area contributed by atoms with Crippen LogP contribution in [0.3, 0.4) is 0 Å². The van der Waals surface area contributed by atoms with Crippen molar-refractivity contribution in [2.24, 2.45) is 5.92 Å². The minimum absolute atomic E-state index is 0.0831. The van der Waals surface area contributed by atoms with Gasteiger partial charge in [0.2, 0.25) is 5.91 Å². The standard InChI is InChI=1S/C20H26N2O5/c1-4-27-18(24)10-12-21(11-9-14(2)3)17(23)13-22-19(25)15-7-5-6-8-16(15)20(22)26/h5-8,14H,4,9-13H2,1-3H3. The van der Waals surface area contributed by atoms with Crippen LogP contribution in [0.2, 0.25) is 0 Å². The summed E-state index contributed by atoms with van der Waals surface area (Å²) in [5, 5.41) is 0. The number of hydrogen-bond acceptors (Lipinski definition) is 5. The molecule has 0 aliphatic carbocycles. The molecule has 0 N–H and O–H groups in total. The zero-order valence-corrected chi connectivity index (χ0v) is 16.1.